The summed E-state index contributed by atoms with van der Waals surface area (Å²) in [7, 11) is 0. The molecule has 0 aromatic carbocycles. The quantitative estimate of drug-likeness (QED) is 0.849. The molecule has 0 aliphatic heterocycles. The van der Waals surface area contributed by atoms with Gasteiger partial charge in [-0.05, 0) is 55.1 Å². The van der Waals surface area contributed by atoms with Gasteiger partial charge in [-0.1, -0.05) is 12.2 Å². The van der Waals surface area contributed by atoms with Gasteiger partial charge >= 0.3 is 0 Å². The summed E-state index contributed by atoms with van der Waals surface area (Å²) in [5.41, 5.74) is 0.728. The molecule has 1 atom stereocenters. The fourth-order valence-corrected chi connectivity index (χ4v) is 2.68. The minimum Gasteiger partial charge on any atom is -0.348 e. The number of carbonyl (C=O) groups is 1. The molecule has 98 valence electrons. The number of hydrogen-bond acceptors (Lipinski definition) is 1. The van der Waals surface area contributed by atoms with Gasteiger partial charge in [0.05, 0.1) is 0 Å². The molecule has 0 radical (unpaired) electrons. The Hall–Kier alpha value is -1.03. The van der Waals surface area contributed by atoms with Crippen molar-refractivity contribution in [2.45, 2.75) is 45.2 Å². The van der Waals surface area contributed by atoms with E-state index in [9.17, 15) is 4.79 Å². The maximum absolute atomic E-state index is 12.3. The van der Waals surface area contributed by atoms with E-state index in [0.717, 1.165) is 29.4 Å². The zero-order chi connectivity index (χ0) is 13.1. The highest BCUT2D eigenvalue weighted by molar-refractivity contribution is 9.10. The predicted molar refractivity (Wildman–Crippen MR) is 76.8 cm³/mol. The largest absolute Gasteiger partial charge is 0.348 e. The lowest BCUT2D eigenvalue weighted by molar-refractivity contribution is 0.0924. The van der Waals surface area contributed by atoms with E-state index in [1.165, 1.54) is 0 Å². The summed E-state index contributed by atoms with van der Waals surface area (Å²) in [6, 6.07) is 2.44. The van der Waals surface area contributed by atoms with Crippen molar-refractivity contribution in [3.8, 4) is 0 Å². The Kier molecular flexibility index (Phi) is 4.27. The van der Waals surface area contributed by atoms with Gasteiger partial charge < -0.3 is 9.88 Å². The van der Waals surface area contributed by atoms with Gasteiger partial charge in [-0.2, -0.15) is 0 Å². The van der Waals surface area contributed by atoms with Gasteiger partial charge in [0.25, 0.3) is 5.91 Å². The molecule has 1 heterocycles. The van der Waals surface area contributed by atoms with Crippen LogP contribution in [-0.2, 0) is 0 Å². The molecule has 0 bridgehead atoms. The van der Waals surface area contributed by atoms with Gasteiger partial charge in [0.1, 0.15) is 5.69 Å². The smallest absolute Gasteiger partial charge is 0.268 e. The number of carbonyl (C=O) groups excluding carboxylic acids is 1. The summed E-state index contributed by atoms with van der Waals surface area (Å²) < 4.78 is 2.95. The van der Waals surface area contributed by atoms with Crippen LogP contribution < -0.4 is 5.32 Å². The molecule has 0 saturated carbocycles. The second-order valence-corrected chi connectivity index (χ2v) is 5.92. The zero-order valence-corrected chi connectivity index (χ0v) is 12.4. The van der Waals surface area contributed by atoms with Gasteiger partial charge in [0.2, 0.25) is 0 Å². The van der Waals surface area contributed by atoms with Crippen LogP contribution in [0.4, 0.5) is 0 Å². The average Bonchev–Trinajstić information content (AvgIpc) is 2.73. The molecule has 1 aromatic heterocycles. The van der Waals surface area contributed by atoms with Crippen molar-refractivity contribution in [1.29, 1.82) is 0 Å². The van der Waals surface area contributed by atoms with Gasteiger partial charge in [-0.15, -0.1) is 0 Å². The summed E-state index contributed by atoms with van der Waals surface area (Å²) in [6.07, 6.45) is 9.31. The minimum atomic E-state index is 0.0229. The van der Waals surface area contributed by atoms with Crippen molar-refractivity contribution in [1.82, 2.24) is 9.88 Å². The molecular weight excluding hydrogens is 292 g/mol. The summed E-state index contributed by atoms with van der Waals surface area (Å²) in [4.78, 5) is 12.3. The lowest BCUT2D eigenvalue weighted by atomic mass is 10.0. The zero-order valence-electron chi connectivity index (χ0n) is 10.8. The summed E-state index contributed by atoms with van der Waals surface area (Å²) in [6.45, 7) is 4.15. The lowest BCUT2D eigenvalue weighted by Gasteiger charge is -2.20. The molecule has 1 aromatic rings. The van der Waals surface area contributed by atoms with E-state index in [0.29, 0.717) is 0 Å². The van der Waals surface area contributed by atoms with Crippen LogP contribution in [0.2, 0.25) is 0 Å². The fraction of sp³-hybridized carbons (Fsp3) is 0.500. The number of amides is 1. The topological polar surface area (TPSA) is 34.0 Å². The molecule has 0 spiro atoms. The van der Waals surface area contributed by atoms with Crippen molar-refractivity contribution >= 4 is 21.8 Å². The molecule has 1 aliphatic rings. The Morgan fingerprint density at radius 2 is 2.28 bits per heavy atom. The third-order valence-electron chi connectivity index (χ3n) is 3.21. The molecule has 4 heteroatoms. The van der Waals surface area contributed by atoms with Crippen LogP contribution in [0.15, 0.2) is 28.9 Å². The Labute approximate surface area is 116 Å². The molecule has 3 nitrogen and oxygen atoms in total. The van der Waals surface area contributed by atoms with Crippen LogP contribution in [0.5, 0.6) is 0 Å². The number of hydrogen-bond donors (Lipinski definition) is 1. The van der Waals surface area contributed by atoms with Crippen LogP contribution in [0.1, 0.15) is 49.6 Å². The van der Waals surface area contributed by atoms with Gasteiger partial charge in [-0.3, -0.25) is 4.79 Å². The highest BCUT2D eigenvalue weighted by atomic mass is 79.9. The number of nitrogens with one attached hydrogen (secondary N) is 1. The lowest BCUT2D eigenvalue weighted by Crippen LogP contribution is -2.36. The van der Waals surface area contributed by atoms with E-state index in [-0.39, 0.29) is 18.0 Å². The average molecular weight is 311 g/mol. The first-order valence-corrected chi connectivity index (χ1v) is 7.20. The first-order valence-electron chi connectivity index (χ1n) is 6.41. The van der Waals surface area contributed by atoms with Crippen LogP contribution in [0.3, 0.4) is 0 Å². The normalized spacial score (nSPS) is 19.2. The van der Waals surface area contributed by atoms with E-state index >= 15 is 0 Å². The second-order valence-electron chi connectivity index (χ2n) is 5.00. The standard InChI is InChI=1S/C14H19BrN2O/c1-10(2)17-9-11(15)8-13(17)14(18)16-12-6-4-3-5-7-12/h3-4,8-10,12H,5-7H2,1-2H3,(H,16,18). The monoisotopic (exact) mass is 310 g/mol. The summed E-state index contributed by atoms with van der Waals surface area (Å²) in [5.74, 6) is 0.0229. The highest BCUT2D eigenvalue weighted by Crippen LogP contribution is 2.20. The van der Waals surface area contributed by atoms with Gasteiger partial charge in [-0.25, -0.2) is 0 Å². The van der Waals surface area contributed by atoms with Crippen LogP contribution >= 0.6 is 15.9 Å². The molecule has 18 heavy (non-hydrogen) atoms. The van der Waals surface area contributed by atoms with Crippen LogP contribution in [0.25, 0.3) is 0 Å². The summed E-state index contributed by atoms with van der Waals surface area (Å²) in [5, 5.41) is 3.11. The molecular formula is C14H19BrN2O. The molecule has 0 saturated heterocycles. The number of rotatable bonds is 3. The summed E-state index contributed by atoms with van der Waals surface area (Å²) >= 11 is 3.43. The van der Waals surface area contributed by atoms with E-state index in [2.05, 4.69) is 47.2 Å². The molecule has 1 N–H and O–H groups in total. The van der Waals surface area contributed by atoms with Crippen molar-refractivity contribution < 1.29 is 4.79 Å². The Bertz CT molecular complexity index is 462. The van der Waals surface area contributed by atoms with E-state index in [1.54, 1.807) is 0 Å². The van der Waals surface area contributed by atoms with E-state index < -0.39 is 0 Å². The van der Waals surface area contributed by atoms with Crippen molar-refractivity contribution in [3.05, 3.63) is 34.6 Å². The Morgan fingerprint density at radius 1 is 1.50 bits per heavy atom. The first-order chi connectivity index (χ1) is 8.58. The van der Waals surface area contributed by atoms with Crippen molar-refractivity contribution in [2.75, 3.05) is 0 Å². The predicted octanol–water partition coefficient (Wildman–Crippen LogP) is 3.67. The number of aromatic nitrogens is 1. The Morgan fingerprint density at radius 3 is 2.89 bits per heavy atom. The molecule has 1 unspecified atom stereocenters. The third kappa shape index (κ3) is 3.05. The van der Waals surface area contributed by atoms with E-state index in [4.69, 9.17) is 0 Å². The number of halogens is 1. The molecule has 0 fully saturated rings. The van der Waals surface area contributed by atoms with Gasteiger partial charge in [0, 0.05) is 22.8 Å². The Balaban J connectivity index is 2.10. The minimum absolute atomic E-state index is 0.0229. The number of allylic oxidation sites excluding steroid dienone is 1. The molecule has 1 amide bonds. The van der Waals surface area contributed by atoms with Crippen LogP contribution in [-0.4, -0.2) is 16.5 Å². The molecule has 1 aliphatic carbocycles. The van der Waals surface area contributed by atoms with Crippen LogP contribution in [0, 0.1) is 0 Å². The third-order valence-corrected chi connectivity index (χ3v) is 3.64. The maximum atomic E-state index is 12.3. The first kappa shape index (κ1) is 13.4. The maximum Gasteiger partial charge on any atom is 0.268 e. The van der Waals surface area contributed by atoms with E-state index in [1.807, 2.05) is 16.8 Å². The SMILES string of the molecule is CC(C)n1cc(Br)cc1C(=O)NC1CC=CCC1. The van der Waals surface area contributed by atoms with Gasteiger partial charge in [0.15, 0.2) is 0 Å². The van der Waals surface area contributed by atoms with Crippen molar-refractivity contribution in [3.63, 3.8) is 0 Å². The fourth-order valence-electron chi connectivity index (χ4n) is 2.24. The molecule has 2 rings (SSSR count). The number of nitrogens with zero attached hydrogens (tertiary/aromatic N) is 1. The second kappa shape index (κ2) is 5.74. The van der Waals surface area contributed by atoms with Crippen molar-refractivity contribution in [2.24, 2.45) is 0 Å². The highest BCUT2D eigenvalue weighted by Gasteiger charge is 2.18.